The van der Waals surface area contributed by atoms with E-state index in [9.17, 15) is 14.0 Å². The van der Waals surface area contributed by atoms with Gasteiger partial charge in [-0.1, -0.05) is 24.3 Å². The maximum Gasteiger partial charge on any atom is 0.341 e. The third-order valence-electron chi connectivity index (χ3n) is 3.05. The average molecular weight is 317 g/mol. The van der Waals surface area contributed by atoms with Crippen molar-refractivity contribution in [3.8, 4) is 5.75 Å². The van der Waals surface area contributed by atoms with Crippen molar-refractivity contribution in [1.29, 1.82) is 0 Å². The predicted octanol–water partition coefficient (Wildman–Crippen LogP) is 2.31. The van der Waals surface area contributed by atoms with Crippen LogP contribution in [0.3, 0.4) is 0 Å². The van der Waals surface area contributed by atoms with Crippen LogP contribution in [-0.4, -0.2) is 25.6 Å². The molecule has 0 bridgehead atoms. The Morgan fingerprint density at radius 1 is 1.13 bits per heavy atom. The fraction of sp³-hybridized carbons (Fsp3) is 0.176. The highest BCUT2D eigenvalue weighted by atomic mass is 19.1. The molecule has 5 nitrogen and oxygen atoms in total. The van der Waals surface area contributed by atoms with Crippen LogP contribution in [0.25, 0.3) is 0 Å². The Kier molecular flexibility index (Phi) is 5.68. The number of carbonyl (C=O) groups is 2. The van der Waals surface area contributed by atoms with Gasteiger partial charge in [-0.05, 0) is 29.8 Å². The normalized spacial score (nSPS) is 10.0. The number of halogens is 1. The van der Waals surface area contributed by atoms with Crippen LogP contribution in [0.1, 0.15) is 15.9 Å². The molecule has 0 spiro atoms. The molecule has 1 amide bonds. The van der Waals surface area contributed by atoms with Gasteiger partial charge in [0, 0.05) is 6.54 Å². The second-order valence-electron chi connectivity index (χ2n) is 4.68. The zero-order valence-corrected chi connectivity index (χ0v) is 12.5. The molecule has 2 aromatic carbocycles. The van der Waals surface area contributed by atoms with Crippen molar-refractivity contribution < 1.29 is 23.5 Å². The Morgan fingerprint density at radius 2 is 1.91 bits per heavy atom. The van der Waals surface area contributed by atoms with E-state index in [1.54, 1.807) is 25.3 Å². The van der Waals surface area contributed by atoms with Gasteiger partial charge < -0.3 is 14.8 Å². The number of hydrogen-bond donors (Lipinski definition) is 1. The largest absolute Gasteiger partial charge is 0.497 e. The molecular weight excluding hydrogens is 301 g/mol. The maximum absolute atomic E-state index is 13.4. The van der Waals surface area contributed by atoms with E-state index in [1.165, 1.54) is 18.2 Å². The van der Waals surface area contributed by atoms with E-state index in [1.807, 2.05) is 6.07 Å². The molecule has 0 saturated carbocycles. The van der Waals surface area contributed by atoms with Gasteiger partial charge in [0.2, 0.25) is 0 Å². The molecule has 0 aliphatic rings. The van der Waals surface area contributed by atoms with Crippen LogP contribution in [-0.2, 0) is 16.1 Å². The Hall–Kier alpha value is -2.89. The summed E-state index contributed by atoms with van der Waals surface area (Å²) in [5.41, 5.74) is 0.645. The van der Waals surface area contributed by atoms with Crippen LogP contribution >= 0.6 is 0 Å². The molecule has 2 rings (SSSR count). The van der Waals surface area contributed by atoms with Crippen LogP contribution in [0.2, 0.25) is 0 Å². The molecule has 0 heterocycles. The number of hydrogen-bond acceptors (Lipinski definition) is 4. The van der Waals surface area contributed by atoms with Crippen molar-refractivity contribution in [2.75, 3.05) is 13.7 Å². The van der Waals surface area contributed by atoms with Crippen molar-refractivity contribution in [3.05, 3.63) is 65.5 Å². The third kappa shape index (κ3) is 4.81. The van der Waals surface area contributed by atoms with E-state index in [-0.39, 0.29) is 12.1 Å². The van der Waals surface area contributed by atoms with Crippen molar-refractivity contribution >= 4 is 11.9 Å². The van der Waals surface area contributed by atoms with Gasteiger partial charge in [-0.25, -0.2) is 9.18 Å². The lowest BCUT2D eigenvalue weighted by Crippen LogP contribution is -2.28. The summed E-state index contributed by atoms with van der Waals surface area (Å²) in [6.45, 7) is -0.204. The Morgan fingerprint density at radius 3 is 2.65 bits per heavy atom. The van der Waals surface area contributed by atoms with Gasteiger partial charge in [0.1, 0.15) is 11.6 Å². The van der Waals surface area contributed by atoms with Gasteiger partial charge in [-0.15, -0.1) is 0 Å². The van der Waals surface area contributed by atoms with Crippen LogP contribution in [0, 0.1) is 5.82 Å². The first-order valence-corrected chi connectivity index (χ1v) is 6.91. The van der Waals surface area contributed by atoms with Crippen LogP contribution in [0.4, 0.5) is 4.39 Å². The first-order valence-electron chi connectivity index (χ1n) is 6.91. The first kappa shape index (κ1) is 16.5. The molecular formula is C17H16FNO4. The molecule has 120 valence electrons. The summed E-state index contributed by atoms with van der Waals surface area (Å²) < 4.78 is 23.3. The molecule has 23 heavy (non-hydrogen) atoms. The lowest BCUT2D eigenvalue weighted by molar-refractivity contribution is -0.124. The van der Waals surface area contributed by atoms with Crippen LogP contribution in [0.5, 0.6) is 5.75 Å². The molecule has 6 heteroatoms. The quantitative estimate of drug-likeness (QED) is 0.830. The highest BCUT2D eigenvalue weighted by molar-refractivity contribution is 5.91. The molecule has 0 radical (unpaired) electrons. The molecule has 0 atom stereocenters. The second kappa shape index (κ2) is 7.93. The smallest absolute Gasteiger partial charge is 0.341 e. The highest BCUT2D eigenvalue weighted by Crippen LogP contribution is 2.12. The fourth-order valence-corrected chi connectivity index (χ4v) is 1.87. The number of methoxy groups -OCH3 is 1. The average Bonchev–Trinajstić information content (AvgIpc) is 2.58. The van der Waals surface area contributed by atoms with Crippen LogP contribution < -0.4 is 10.1 Å². The summed E-state index contributed by atoms with van der Waals surface area (Å²) in [7, 11) is 1.56. The molecule has 0 saturated heterocycles. The van der Waals surface area contributed by atoms with Crippen molar-refractivity contribution in [2.24, 2.45) is 0 Å². The van der Waals surface area contributed by atoms with Crippen molar-refractivity contribution in [2.45, 2.75) is 6.54 Å². The Balaban J connectivity index is 1.81. The number of carbonyl (C=O) groups excluding carboxylic acids is 2. The zero-order chi connectivity index (χ0) is 16.7. The van der Waals surface area contributed by atoms with Gasteiger partial charge in [-0.2, -0.15) is 0 Å². The molecule has 0 aromatic heterocycles. The summed E-state index contributed by atoms with van der Waals surface area (Å²) in [5.74, 6) is -1.35. The number of nitrogens with one attached hydrogen (secondary N) is 1. The first-order chi connectivity index (χ1) is 11.1. The fourth-order valence-electron chi connectivity index (χ4n) is 1.87. The summed E-state index contributed by atoms with van der Waals surface area (Å²) in [4.78, 5) is 23.3. The van der Waals surface area contributed by atoms with Crippen molar-refractivity contribution in [3.63, 3.8) is 0 Å². The van der Waals surface area contributed by atoms with Gasteiger partial charge >= 0.3 is 5.97 Å². The molecule has 2 aromatic rings. The van der Waals surface area contributed by atoms with Gasteiger partial charge in [-0.3, -0.25) is 4.79 Å². The third-order valence-corrected chi connectivity index (χ3v) is 3.05. The van der Waals surface area contributed by atoms with E-state index in [4.69, 9.17) is 9.47 Å². The van der Waals surface area contributed by atoms with Crippen molar-refractivity contribution in [1.82, 2.24) is 5.32 Å². The number of benzene rings is 2. The SMILES string of the molecule is COc1cccc(CNC(=O)COC(=O)c2ccccc2F)c1. The number of esters is 1. The molecule has 0 unspecified atom stereocenters. The van der Waals surface area contributed by atoms with E-state index >= 15 is 0 Å². The Bertz CT molecular complexity index is 702. The number of rotatable bonds is 6. The summed E-state index contributed by atoms with van der Waals surface area (Å²) in [5, 5.41) is 2.61. The molecule has 1 N–H and O–H groups in total. The van der Waals surface area contributed by atoms with E-state index in [2.05, 4.69) is 5.32 Å². The standard InChI is InChI=1S/C17H16FNO4/c1-22-13-6-4-5-12(9-13)10-19-16(20)11-23-17(21)14-7-2-3-8-15(14)18/h2-9H,10-11H2,1H3,(H,19,20). The minimum atomic E-state index is -0.875. The van der Waals surface area contributed by atoms with E-state index < -0.39 is 24.3 Å². The maximum atomic E-state index is 13.4. The highest BCUT2D eigenvalue weighted by Gasteiger charge is 2.13. The van der Waals surface area contributed by atoms with E-state index in [0.717, 1.165) is 11.6 Å². The lowest BCUT2D eigenvalue weighted by atomic mass is 10.2. The lowest BCUT2D eigenvalue weighted by Gasteiger charge is -2.08. The Labute approximate surface area is 133 Å². The zero-order valence-electron chi connectivity index (χ0n) is 12.5. The van der Waals surface area contributed by atoms with Gasteiger partial charge in [0.15, 0.2) is 6.61 Å². The molecule has 0 aliphatic heterocycles. The van der Waals surface area contributed by atoms with E-state index in [0.29, 0.717) is 5.75 Å². The molecule has 0 aliphatic carbocycles. The minimum absolute atomic E-state index is 0.201. The minimum Gasteiger partial charge on any atom is -0.497 e. The summed E-state index contributed by atoms with van der Waals surface area (Å²) >= 11 is 0. The number of amides is 1. The summed E-state index contributed by atoms with van der Waals surface area (Å²) in [6.07, 6.45) is 0. The van der Waals surface area contributed by atoms with Crippen LogP contribution in [0.15, 0.2) is 48.5 Å². The second-order valence-corrected chi connectivity index (χ2v) is 4.68. The topological polar surface area (TPSA) is 64.6 Å². The summed E-state index contributed by atoms with van der Waals surface area (Å²) in [6, 6.07) is 12.6. The monoisotopic (exact) mass is 317 g/mol. The van der Waals surface area contributed by atoms with Gasteiger partial charge in [0.05, 0.1) is 12.7 Å². The number of ether oxygens (including phenoxy) is 2. The van der Waals surface area contributed by atoms with Gasteiger partial charge in [0.25, 0.3) is 5.91 Å². The molecule has 0 fully saturated rings. The predicted molar refractivity (Wildman–Crippen MR) is 81.5 cm³/mol.